The van der Waals surface area contributed by atoms with Crippen molar-refractivity contribution in [1.82, 2.24) is 0 Å². The fourth-order valence-electron chi connectivity index (χ4n) is 0.915. The van der Waals surface area contributed by atoms with E-state index < -0.39 is 18.9 Å². The van der Waals surface area contributed by atoms with E-state index in [0.29, 0.717) is 0 Å². The molecule has 6 nitrogen and oxygen atoms in total. The third-order valence-electron chi connectivity index (χ3n) is 1.44. The zero-order valence-corrected chi connectivity index (χ0v) is 10.4. The van der Waals surface area contributed by atoms with Gasteiger partial charge in [0.1, 0.15) is 5.94 Å². The van der Waals surface area contributed by atoms with Gasteiger partial charge in [-0.05, 0) is 20.8 Å². The normalized spacial score (nSPS) is 10.7. The van der Waals surface area contributed by atoms with Crippen LogP contribution >= 0.6 is 7.60 Å². The molecule has 0 radical (unpaired) electrons. The van der Waals surface area contributed by atoms with Gasteiger partial charge in [0.05, 0.1) is 19.8 Å². The molecule has 0 saturated carbocycles. The maximum atomic E-state index is 12.0. The van der Waals surface area contributed by atoms with Crippen molar-refractivity contribution in [3.8, 4) is 0 Å². The minimum absolute atomic E-state index is 0.0435. The van der Waals surface area contributed by atoms with Crippen LogP contribution in [0.15, 0.2) is 5.31 Å². The fourth-order valence-corrected chi connectivity index (χ4v) is 2.33. The van der Waals surface area contributed by atoms with Gasteiger partial charge in [-0.1, -0.05) is 0 Å². The van der Waals surface area contributed by atoms with Crippen LogP contribution in [0.1, 0.15) is 20.8 Å². The summed E-state index contributed by atoms with van der Waals surface area (Å²) in [7, 11) is -3.90. The van der Waals surface area contributed by atoms with Crippen molar-refractivity contribution in [2.75, 3.05) is 19.8 Å². The Labute approximate surface area is 94.1 Å². The summed E-state index contributed by atoms with van der Waals surface area (Å²) in [6.07, 6.45) is 0. The Morgan fingerprint density at radius 2 is 1.62 bits per heavy atom. The van der Waals surface area contributed by atoms with Crippen LogP contribution in [0.5, 0.6) is 0 Å². The molecule has 0 unspecified atom stereocenters. The predicted molar refractivity (Wildman–Crippen MR) is 56.7 cm³/mol. The highest BCUT2D eigenvalue weighted by molar-refractivity contribution is 7.60. The van der Waals surface area contributed by atoms with Gasteiger partial charge < -0.3 is 13.8 Å². The zero-order chi connectivity index (χ0) is 12.6. The van der Waals surface area contributed by atoms with Crippen molar-refractivity contribution < 1.29 is 27.9 Å². The quantitative estimate of drug-likeness (QED) is 0.295. The van der Waals surface area contributed by atoms with Crippen LogP contribution in [0.2, 0.25) is 0 Å². The van der Waals surface area contributed by atoms with E-state index >= 15 is 0 Å². The molecule has 0 rings (SSSR count). The fraction of sp³-hybridized carbons (Fsp3) is 0.667. The Bertz CT molecular complexity index is 321. The smallest absolute Gasteiger partial charge is 0.379 e. The van der Waals surface area contributed by atoms with Gasteiger partial charge >= 0.3 is 13.6 Å². The molecular weight excluding hydrogens is 235 g/mol. The number of ether oxygens (including phenoxy) is 1. The van der Waals surface area contributed by atoms with Crippen molar-refractivity contribution >= 4 is 19.5 Å². The molecule has 0 aliphatic carbocycles. The van der Waals surface area contributed by atoms with E-state index in [9.17, 15) is 14.2 Å². The lowest BCUT2D eigenvalue weighted by Crippen LogP contribution is -2.12. The summed E-state index contributed by atoms with van der Waals surface area (Å²) in [5.41, 5.74) is 0. The average Bonchev–Trinajstić information content (AvgIpc) is 2.19. The zero-order valence-electron chi connectivity index (χ0n) is 9.52. The number of esters is 1. The van der Waals surface area contributed by atoms with Gasteiger partial charge in [-0.3, -0.25) is 4.57 Å². The third kappa shape index (κ3) is 3.91. The van der Waals surface area contributed by atoms with Crippen LogP contribution in [0.25, 0.3) is 0 Å². The van der Waals surface area contributed by atoms with E-state index in [1.54, 1.807) is 20.8 Å². The van der Waals surface area contributed by atoms with Crippen molar-refractivity contribution in [3.63, 3.8) is 0 Å². The van der Waals surface area contributed by atoms with E-state index in [1.807, 2.05) is 0 Å². The van der Waals surface area contributed by atoms with Crippen molar-refractivity contribution in [3.05, 3.63) is 5.31 Å². The molecule has 0 aromatic rings. The molecule has 16 heavy (non-hydrogen) atoms. The monoisotopic (exact) mass is 250 g/mol. The number of rotatable bonds is 7. The van der Waals surface area contributed by atoms with E-state index in [1.165, 1.54) is 5.94 Å². The molecule has 0 amide bonds. The first-order valence-corrected chi connectivity index (χ1v) is 6.41. The van der Waals surface area contributed by atoms with Crippen LogP contribution in [-0.2, 0) is 27.9 Å². The molecule has 0 heterocycles. The second kappa shape index (κ2) is 7.36. The summed E-state index contributed by atoms with van der Waals surface area (Å²) in [6, 6.07) is 0. The Balaban J connectivity index is 5.09. The highest BCUT2D eigenvalue weighted by Gasteiger charge is 2.37. The second-order valence-electron chi connectivity index (χ2n) is 2.50. The van der Waals surface area contributed by atoms with Gasteiger partial charge in [0, 0.05) is 0 Å². The summed E-state index contributed by atoms with van der Waals surface area (Å²) in [5.74, 6) is 0.251. The largest absolute Gasteiger partial charge is 0.462 e. The lowest BCUT2D eigenvalue weighted by atomic mass is 10.6. The Morgan fingerprint density at radius 3 is 1.94 bits per heavy atom. The summed E-state index contributed by atoms with van der Waals surface area (Å²) in [6.45, 7) is 4.84. The maximum absolute atomic E-state index is 12.0. The van der Waals surface area contributed by atoms with Gasteiger partial charge in [0.25, 0.3) is 0 Å². The Hall–Kier alpha value is -0.930. The number of carbonyl (C=O) groups is 1. The highest BCUT2D eigenvalue weighted by atomic mass is 31.2. The van der Waals surface area contributed by atoms with Crippen LogP contribution < -0.4 is 0 Å². The van der Waals surface area contributed by atoms with Gasteiger partial charge in [-0.15, -0.1) is 0 Å². The topological polar surface area (TPSA) is 78.9 Å². The van der Waals surface area contributed by atoms with Crippen molar-refractivity contribution in [2.45, 2.75) is 20.8 Å². The maximum Gasteiger partial charge on any atom is 0.379 e. The van der Waals surface area contributed by atoms with Gasteiger partial charge in [-0.25, -0.2) is 9.59 Å². The second-order valence-corrected chi connectivity index (χ2v) is 4.46. The van der Waals surface area contributed by atoms with Crippen LogP contribution in [0.3, 0.4) is 0 Å². The number of hydrogen-bond donors (Lipinski definition) is 0. The molecule has 0 spiro atoms. The molecule has 0 atom stereocenters. The van der Waals surface area contributed by atoms with Crippen LogP contribution in [0.4, 0.5) is 0 Å². The van der Waals surface area contributed by atoms with Gasteiger partial charge in [0.15, 0.2) is 0 Å². The molecule has 0 aromatic heterocycles. The molecule has 0 N–H and O–H groups in total. The molecule has 0 fully saturated rings. The molecule has 0 aliphatic rings. The summed E-state index contributed by atoms with van der Waals surface area (Å²) in [4.78, 5) is 21.9. The van der Waals surface area contributed by atoms with Crippen molar-refractivity contribution in [2.24, 2.45) is 0 Å². The van der Waals surface area contributed by atoms with Gasteiger partial charge in [-0.2, -0.15) is 0 Å². The van der Waals surface area contributed by atoms with E-state index in [2.05, 4.69) is 4.74 Å². The first-order valence-electron chi connectivity index (χ1n) is 4.87. The van der Waals surface area contributed by atoms with E-state index in [0.717, 1.165) is 0 Å². The molecule has 7 heteroatoms. The molecular formula is C9H15O6P. The van der Waals surface area contributed by atoms with Crippen molar-refractivity contribution in [1.29, 1.82) is 0 Å². The number of carbonyl (C=O) groups excluding carboxylic acids is 2. The standard InChI is InChI=1S/C9H15O6P/c1-4-13-9(11)8(7-10)16(12,14-5-2)15-6-3/h4-6H2,1-3H3. The Kier molecular flexibility index (Phi) is 6.93. The van der Waals surface area contributed by atoms with Crippen LogP contribution in [-0.4, -0.2) is 31.7 Å². The first-order chi connectivity index (χ1) is 7.55. The average molecular weight is 250 g/mol. The SMILES string of the molecule is CCOC(=O)C(=C=O)P(=O)(OCC)OCC. The van der Waals surface area contributed by atoms with Crippen LogP contribution in [0, 0.1) is 0 Å². The molecule has 92 valence electrons. The molecule has 0 aromatic carbocycles. The summed E-state index contributed by atoms with van der Waals surface area (Å²) < 4.78 is 26.2. The van der Waals surface area contributed by atoms with Gasteiger partial charge in [0.2, 0.25) is 5.31 Å². The van der Waals surface area contributed by atoms with E-state index in [4.69, 9.17) is 9.05 Å². The predicted octanol–water partition coefficient (Wildman–Crippen LogP) is 1.53. The third-order valence-corrected chi connectivity index (χ3v) is 3.46. The minimum atomic E-state index is -3.90. The minimum Gasteiger partial charge on any atom is -0.462 e. The summed E-state index contributed by atoms with van der Waals surface area (Å²) in [5, 5.41) is -0.724. The highest BCUT2D eigenvalue weighted by Crippen LogP contribution is 2.55. The first kappa shape index (κ1) is 15.1. The lowest BCUT2D eigenvalue weighted by molar-refractivity contribution is -0.137. The molecule has 0 aliphatic heterocycles. The molecule has 0 bridgehead atoms. The summed E-state index contributed by atoms with van der Waals surface area (Å²) >= 11 is 0. The Morgan fingerprint density at radius 1 is 1.12 bits per heavy atom. The van der Waals surface area contributed by atoms with E-state index in [-0.39, 0.29) is 19.8 Å². The lowest BCUT2D eigenvalue weighted by Gasteiger charge is -2.16. The number of hydrogen-bond acceptors (Lipinski definition) is 6. The molecule has 0 saturated heterocycles.